The van der Waals surface area contributed by atoms with E-state index in [4.69, 9.17) is 5.73 Å². The summed E-state index contributed by atoms with van der Waals surface area (Å²) in [5, 5.41) is 3.85. The SMILES string of the molecule is CN(C)N1CCC1C(N)=O. The van der Waals surface area contributed by atoms with E-state index in [0.717, 1.165) is 13.0 Å². The minimum Gasteiger partial charge on any atom is -0.368 e. The Kier molecular flexibility index (Phi) is 1.92. The number of hydrogen-bond donors (Lipinski definition) is 1. The fourth-order valence-corrected chi connectivity index (χ4v) is 1.14. The summed E-state index contributed by atoms with van der Waals surface area (Å²) in [5.74, 6) is -0.222. The Morgan fingerprint density at radius 3 is 2.40 bits per heavy atom. The second-order valence-electron chi connectivity index (χ2n) is 2.72. The van der Waals surface area contributed by atoms with Crippen molar-refractivity contribution >= 4 is 5.91 Å². The van der Waals surface area contributed by atoms with Crippen LogP contribution < -0.4 is 5.73 Å². The van der Waals surface area contributed by atoms with Crippen LogP contribution in [0.15, 0.2) is 0 Å². The lowest BCUT2D eigenvalue weighted by Gasteiger charge is -2.42. The molecular formula is C6H13N3O. The first-order valence-corrected chi connectivity index (χ1v) is 3.36. The molecule has 0 aromatic heterocycles. The largest absolute Gasteiger partial charge is 0.368 e. The van der Waals surface area contributed by atoms with E-state index in [1.54, 1.807) is 0 Å². The first kappa shape index (κ1) is 7.50. The molecule has 1 unspecified atom stereocenters. The van der Waals surface area contributed by atoms with Gasteiger partial charge in [0, 0.05) is 20.6 Å². The molecule has 1 heterocycles. The van der Waals surface area contributed by atoms with Crippen LogP contribution in [0.3, 0.4) is 0 Å². The molecule has 0 radical (unpaired) electrons. The summed E-state index contributed by atoms with van der Waals surface area (Å²) in [7, 11) is 3.82. The van der Waals surface area contributed by atoms with Gasteiger partial charge in [0.15, 0.2) is 0 Å². The third-order valence-corrected chi connectivity index (χ3v) is 1.83. The fourth-order valence-electron chi connectivity index (χ4n) is 1.14. The molecule has 0 bridgehead atoms. The molecule has 1 aliphatic rings. The summed E-state index contributed by atoms with van der Waals surface area (Å²) in [5.41, 5.74) is 5.12. The molecule has 4 nitrogen and oxygen atoms in total. The Hall–Kier alpha value is -0.610. The van der Waals surface area contributed by atoms with Gasteiger partial charge in [-0.3, -0.25) is 4.79 Å². The number of hydrazine groups is 1. The highest BCUT2D eigenvalue weighted by atomic mass is 16.1. The maximum atomic E-state index is 10.7. The van der Waals surface area contributed by atoms with E-state index < -0.39 is 0 Å². The number of rotatable bonds is 2. The van der Waals surface area contributed by atoms with E-state index >= 15 is 0 Å². The van der Waals surface area contributed by atoms with E-state index in [0.29, 0.717) is 0 Å². The third kappa shape index (κ3) is 1.12. The van der Waals surface area contributed by atoms with Crippen molar-refractivity contribution in [2.75, 3.05) is 20.6 Å². The monoisotopic (exact) mass is 143 g/mol. The summed E-state index contributed by atoms with van der Waals surface area (Å²) < 4.78 is 0. The van der Waals surface area contributed by atoms with E-state index in [-0.39, 0.29) is 11.9 Å². The van der Waals surface area contributed by atoms with Gasteiger partial charge in [-0.2, -0.15) is 0 Å². The van der Waals surface area contributed by atoms with Crippen molar-refractivity contribution in [2.24, 2.45) is 5.73 Å². The number of carbonyl (C=O) groups is 1. The van der Waals surface area contributed by atoms with Crippen LogP contribution in [0.2, 0.25) is 0 Å². The van der Waals surface area contributed by atoms with Gasteiger partial charge < -0.3 is 5.73 Å². The smallest absolute Gasteiger partial charge is 0.236 e. The predicted octanol–water partition coefficient (Wildman–Crippen LogP) is -0.977. The summed E-state index contributed by atoms with van der Waals surface area (Å²) in [4.78, 5) is 10.7. The molecule has 1 amide bonds. The first-order chi connectivity index (χ1) is 4.63. The van der Waals surface area contributed by atoms with Gasteiger partial charge in [-0.15, -0.1) is 0 Å². The second kappa shape index (κ2) is 2.56. The summed E-state index contributed by atoms with van der Waals surface area (Å²) >= 11 is 0. The Morgan fingerprint density at radius 1 is 1.70 bits per heavy atom. The van der Waals surface area contributed by atoms with Gasteiger partial charge in [0.05, 0.1) is 0 Å². The number of hydrogen-bond acceptors (Lipinski definition) is 3. The number of nitrogens with two attached hydrogens (primary N) is 1. The van der Waals surface area contributed by atoms with Crippen LogP contribution in [-0.4, -0.2) is 42.6 Å². The molecule has 2 N–H and O–H groups in total. The molecule has 0 aliphatic carbocycles. The van der Waals surface area contributed by atoms with Gasteiger partial charge in [0.25, 0.3) is 0 Å². The standard InChI is InChI=1S/C6H13N3O/c1-8(2)9-4-3-5(9)6(7)10/h5H,3-4H2,1-2H3,(H2,7,10). The van der Waals surface area contributed by atoms with Crippen LogP contribution in [0.4, 0.5) is 0 Å². The highest BCUT2D eigenvalue weighted by Gasteiger charge is 2.33. The third-order valence-electron chi connectivity index (χ3n) is 1.83. The Morgan fingerprint density at radius 2 is 2.30 bits per heavy atom. The van der Waals surface area contributed by atoms with Crippen molar-refractivity contribution in [3.8, 4) is 0 Å². The molecule has 58 valence electrons. The molecule has 1 fully saturated rings. The Labute approximate surface area is 60.5 Å². The van der Waals surface area contributed by atoms with Crippen LogP contribution in [0.5, 0.6) is 0 Å². The van der Waals surface area contributed by atoms with Crippen LogP contribution in [0, 0.1) is 0 Å². The van der Waals surface area contributed by atoms with Crippen molar-refractivity contribution in [1.29, 1.82) is 0 Å². The van der Waals surface area contributed by atoms with Crippen LogP contribution >= 0.6 is 0 Å². The van der Waals surface area contributed by atoms with Crippen LogP contribution in [-0.2, 0) is 4.79 Å². The molecule has 1 rings (SSSR count). The van der Waals surface area contributed by atoms with Crippen molar-refractivity contribution in [3.05, 3.63) is 0 Å². The zero-order valence-corrected chi connectivity index (χ0v) is 6.37. The maximum absolute atomic E-state index is 10.7. The average Bonchev–Trinajstić information content (AvgIpc) is 1.56. The maximum Gasteiger partial charge on any atom is 0.236 e. The molecule has 4 heteroatoms. The number of nitrogens with zero attached hydrogens (tertiary/aromatic N) is 2. The molecule has 0 spiro atoms. The van der Waals surface area contributed by atoms with Crippen LogP contribution in [0.1, 0.15) is 6.42 Å². The number of amides is 1. The van der Waals surface area contributed by atoms with Crippen molar-refractivity contribution in [1.82, 2.24) is 10.0 Å². The van der Waals surface area contributed by atoms with Gasteiger partial charge in [0.1, 0.15) is 6.04 Å². The Balaban J connectivity index is 2.43. The molecule has 0 aromatic carbocycles. The zero-order valence-electron chi connectivity index (χ0n) is 6.37. The van der Waals surface area contributed by atoms with E-state index in [2.05, 4.69) is 0 Å². The van der Waals surface area contributed by atoms with Gasteiger partial charge in [0.2, 0.25) is 5.91 Å². The van der Waals surface area contributed by atoms with Crippen molar-refractivity contribution in [2.45, 2.75) is 12.5 Å². The molecule has 1 aliphatic heterocycles. The molecule has 0 saturated carbocycles. The van der Waals surface area contributed by atoms with Crippen LogP contribution in [0.25, 0.3) is 0 Å². The summed E-state index contributed by atoms with van der Waals surface area (Å²) in [6, 6.07) is -0.0602. The minimum atomic E-state index is -0.222. The molecule has 1 saturated heterocycles. The lowest BCUT2D eigenvalue weighted by molar-refractivity contribution is -0.143. The summed E-state index contributed by atoms with van der Waals surface area (Å²) in [6.07, 6.45) is 0.896. The van der Waals surface area contributed by atoms with E-state index in [9.17, 15) is 4.79 Å². The minimum absolute atomic E-state index is 0.0602. The molecule has 10 heavy (non-hydrogen) atoms. The predicted molar refractivity (Wildman–Crippen MR) is 38.0 cm³/mol. The second-order valence-corrected chi connectivity index (χ2v) is 2.72. The highest BCUT2D eigenvalue weighted by Crippen LogP contribution is 2.16. The molecule has 0 aromatic rings. The fraction of sp³-hybridized carbons (Fsp3) is 0.833. The van der Waals surface area contributed by atoms with Gasteiger partial charge >= 0.3 is 0 Å². The molecular weight excluding hydrogens is 130 g/mol. The Bertz CT molecular complexity index is 146. The van der Waals surface area contributed by atoms with Gasteiger partial charge in [-0.1, -0.05) is 0 Å². The summed E-state index contributed by atoms with van der Waals surface area (Å²) in [6.45, 7) is 0.945. The van der Waals surface area contributed by atoms with Gasteiger partial charge in [-0.25, -0.2) is 10.0 Å². The average molecular weight is 143 g/mol. The number of carbonyl (C=O) groups excluding carboxylic acids is 1. The van der Waals surface area contributed by atoms with E-state index in [1.807, 2.05) is 24.1 Å². The molecule has 1 atom stereocenters. The lowest BCUT2D eigenvalue weighted by Crippen LogP contribution is -2.59. The first-order valence-electron chi connectivity index (χ1n) is 3.36. The highest BCUT2D eigenvalue weighted by molar-refractivity contribution is 5.80. The number of primary amides is 1. The topological polar surface area (TPSA) is 49.6 Å². The quantitative estimate of drug-likeness (QED) is 0.540. The zero-order chi connectivity index (χ0) is 7.72. The van der Waals surface area contributed by atoms with Gasteiger partial charge in [-0.05, 0) is 6.42 Å². The van der Waals surface area contributed by atoms with Crippen molar-refractivity contribution in [3.63, 3.8) is 0 Å². The lowest BCUT2D eigenvalue weighted by atomic mass is 10.1. The normalized spacial score (nSPS) is 26.5. The van der Waals surface area contributed by atoms with Crippen molar-refractivity contribution < 1.29 is 4.79 Å². The van der Waals surface area contributed by atoms with E-state index in [1.165, 1.54) is 0 Å².